The van der Waals surface area contributed by atoms with Crippen molar-refractivity contribution in [3.8, 4) is 0 Å². The van der Waals surface area contributed by atoms with Crippen molar-refractivity contribution >= 4 is 11.8 Å². The molecule has 0 aromatic carbocycles. The number of nitrogens with zero attached hydrogens (tertiary/aromatic N) is 2. The minimum Gasteiger partial charge on any atom is -0.331 e. The second-order valence-corrected chi connectivity index (χ2v) is 6.53. The molecule has 0 N–H and O–H groups in total. The minimum atomic E-state index is 0.674. The highest BCUT2D eigenvalue weighted by Crippen LogP contribution is 2.38. The number of hydrogen-bond acceptors (Lipinski definition) is 2. The molecule has 3 heterocycles. The molecule has 0 radical (unpaired) electrons. The maximum Gasteiger partial charge on any atom is 0.122 e. The fourth-order valence-corrected chi connectivity index (χ4v) is 4.16. The summed E-state index contributed by atoms with van der Waals surface area (Å²) in [5, 5.41) is 0.674. The number of aromatic nitrogens is 2. The van der Waals surface area contributed by atoms with Gasteiger partial charge in [0.25, 0.3) is 0 Å². The SMILES string of the molecule is CC1CCc2cnc(C3CCCCS3)n2C1. The predicted molar refractivity (Wildman–Crippen MR) is 68.8 cm³/mol. The maximum absolute atomic E-state index is 4.70. The molecule has 0 amide bonds. The van der Waals surface area contributed by atoms with Gasteiger partial charge in [0.2, 0.25) is 0 Å². The molecule has 2 nitrogen and oxygen atoms in total. The summed E-state index contributed by atoms with van der Waals surface area (Å²) in [7, 11) is 0. The Bertz CT molecular complexity index is 366. The second-order valence-electron chi connectivity index (χ2n) is 5.22. The van der Waals surface area contributed by atoms with Crippen LogP contribution in [0.1, 0.15) is 49.4 Å². The van der Waals surface area contributed by atoms with Crippen molar-refractivity contribution in [2.45, 2.75) is 50.8 Å². The number of aryl methyl sites for hydroxylation is 1. The van der Waals surface area contributed by atoms with Gasteiger partial charge in [0.05, 0.1) is 5.25 Å². The van der Waals surface area contributed by atoms with Gasteiger partial charge in [-0.3, -0.25) is 0 Å². The Morgan fingerprint density at radius 1 is 1.38 bits per heavy atom. The summed E-state index contributed by atoms with van der Waals surface area (Å²) in [5.41, 5.74) is 1.47. The molecule has 2 aliphatic heterocycles. The largest absolute Gasteiger partial charge is 0.331 e. The Labute approximate surface area is 102 Å². The normalized spacial score (nSPS) is 30.1. The molecule has 88 valence electrons. The first kappa shape index (κ1) is 10.7. The van der Waals surface area contributed by atoms with Gasteiger partial charge in [-0.05, 0) is 37.4 Å². The first-order chi connectivity index (χ1) is 7.84. The van der Waals surface area contributed by atoms with E-state index in [2.05, 4.69) is 29.4 Å². The molecule has 0 saturated carbocycles. The topological polar surface area (TPSA) is 17.8 Å². The maximum atomic E-state index is 4.70. The van der Waals surface area contributed by atoms with E-state index in [0.29, 0.717) is 5.25 Å². The van der Waals surface area contributed by atoms with Crippen LogP contribution in [0.15, 0.2) is 6.20 Å². The van der Waals surface area contributed by atoms with Crippen LogP contribution in [0.5, 0.6) is 0 Å². The van der Waals surface area contributed by atoms with Crippen LogP contribution in [0.25, 0.3) is 0 Å². The van der Waals surface area contributed by atoms with E-state index in [9.17, 15) is 0 Å². The highest BCUT2D eigenvalue weighted by molar-refractivity contribution is 7.99. The van der Waals surface area contributed by atoms with Gasteiger partial charge in [-0.1, -0.05) is 13.3 Å². The Balaban J connectivity index is 1.86. The third kappa shape index (κ3) is 1.90. The Kier molecular flexibility index (Phi) is 2.97. The lowest BCUT2D eigenvalue weighted by molar-refractivity contribution is 0.388. The van der Waals surface area contributed by atoms with Gasteiger partial charge >= 0.3 is 0 Å². The van der Waals surface area contributed by atoms with Crippen molar-refractivity contribution < 1.29 is 0 Å². The molecule has 3 heteroatoms. The van der Waals surface area contributed by atoms with Crippen LogP contribution < -0.4 is 0 Å². The van der Waals surface area contributed by atoms with Gasteiger partial charge in [0, 0.05) is 18.4 Å². The van der Waals surface area contributed by atoms with Crippen LogP contribution in [0.2, 0.25) is 0 Å². The van der Waals surface area contributed by atoms with E-state index in [1.807, 2.05) is 0 Å². The highest BCUT2D eigenvalue weighted by Gasteiger charge is 2.25. The van der Waals surface area contributed by atoms with Crippen molar-refractivity contribution in [3.63, 3.8) is 0 Å². The molecular weight excluding hydrogens is 216 g/mol. The molecule has 0 bridgehead atoms. The molecule has 3 rings (SSSR count). The van der Waals surface area contributed by atoms with E-state index >= 15 is 0 Å². The fraction of sp³-hybridized carbons (Fsp3) is 0.769. The Morgan fingerprint density at radius 2 is 2.31 bits per heavy atom. The summed E-state index contributed by atoms with van der Waals surface area (Å²) in [6.07, 6.45) is 8.79. The molecule has 1 aromatic heterocycles. The summed E-state index contributed by atoms with van der Waals surface area (Å²) < 4.78 is 2.51. The van der Waals surface area contributed by atoms with Crippen molar-refractivity contribution in [2.24, 2.45) is 5.92 Å². The van der Waals surface area contributed by atoms with Gasteiger partial charge in [-0.25, -0.2) is 4.98 Å². The second kappa shape index (κ2) is 4.44. The van der Waals surface area contributed by atoms with Crippen molar-refractivity contribution in [1.29, 1.82) is 0 Å². The standard InChI is InChI=1S/C13H20N2S/c1-10-5-6-11-8-14-13(15(11)9-10)12-4-2-3-7-16-12/h8,10,12H,2-7,9H2,1H3. The highest BCUT2D eigenvalue weighted by atomic mass is 32.2. The average Bonchev–Trinajstić information content (AvgIpc) is 2.73. The number of imidazole rings is 1. The smallest absolute Gasteiger partial charge is 0.122 e. The lowest BCUT2D eigenvalue weighted by Gasteiger charge is -2.26. The lowest BCUT2D eigenvalue weighted by Crippen LogP contribution is -2.21. The summed E-state index contributed by atoms with van der Waals surface area (Å²) in [6.45, 7) is 3.56. The summed E-state index contributed by atoms with van der Waals surface area (Å²) >= 11 is 2.11. The number of fused-ring (bicyclic) bond motifs is 1. The van der Waals surface area contributed by atoms with Gasteiger partial charge < -0.3 is 4.57 Å². The lowest BCUT2D eigenvalue weighted by atomic mass is 10.00. The van der Waals surface area contributed by atoms with Crippen LogP contribution in [-0.4, -0.2) is 15.3 Å². The van der Waals surface area contributed by atoms with Crippen molar-refractivity contribution in [1.82, 2.24) is 9.55 Å². The van der Waals surface area contributed by atoms with E-state index in [4.69, 9.17) is 4.98 Å². The summed E-state index contributed by atoms with van der Waals surface area (Å²) in [5.74, 6) is 3.52. The molecule has 1 fully saturated rings. The number of thioether (sulfide) groups is 1. The third-order valence-corrected chi connectivity index (χ3v) is 5.20. The van der Waals surface area contributed by atoms with Gasteiger partial charge in [0.1, 0.15) is 5.82 Å². The van der Waals surface area contributed by atoms with Crippen LogP contribution in [0, 0.1) is 5.92 Å². The van der Waals surface area contributed by atoms with Crippen LogP contribution >= 0.6 is 11.8 Å². The molecule has 16 heavy (non-hydrogen) atoms. The zero-order chi connectivity index (χ0) is 11.0. The zero-order valence-corrected chi connectivity index (χ0v) is 10.8. The van der Waals surface area contributed by atoms with E-state index < -0.39 is 0 Å². The van der Waals surface area contributed by atoms with Gasteiger partial charge in [0.15, 0.2) is 0 Å². The third-order valence-electron chi connectivity index (χ3n) is 3.82. The number of hydrogen-bond donors (Lipinski definition) is 0. The minimum absolute atomic E-state index is 0.674. The molecule has 1 saturated heterocycles. The van der Waals surface area contributed by atoms with Crippen LogP contribution in [0.4, 0.5) is 0 Å². The number of rotatable bonds is 1. The molecule has 0 aliphatic carbocycles. The average molecular weight is 236 g/mol. The van der Waals surface area contributed by atoms with Crippen molar-refractivity contribution in [2.75, 3.05) is 5.75 Å². The van der Waals surface area contributed by atoms with E-state index in [0.717, 1.165) is 5.92 Å². The first-order valence-electron chi connectivity index (χ1n) is 6.50. The summed E-state index contributed by atoms with van der Waals surface area (Å²) in [6, 6.07) is 0. The fourth-order valence-electron chi connectivity index (χ4n) is 2.84. The Morgan fingerprint density at radius 3 is 3.12 bits per heavy atom. The van der Waals surface area contributed by atoms with Crippen LogP contribution in [-0.2, 0) is 13.0 Å². The van der Waals surface area contributed by atoms with Crippen LogP contribution in [0.3, 0.4) is 0 Å². The zero-order valence-electron chi connectivity index (χ0n) is 9.98. The summed E-state index contributed by atoms with van der Waals surface area (Å²) in [4.78, 5) is 4.70. The van der Waals surface area contributed by atoms with E-state index in [1.54, 1.807) is 0 Å². The monoisotopic (exact) mass is 236 g/mol. The molecule has 2 unspecified atom stereocenters. The quantitative estimate of drug-likeness (QED) is 0.743. The van der Waals surface area contributed by atoms with E-state index in [1.165, 1.54) is 55.9 Å². The van der Waals surface area contributed by atoms with Gasteiger partial charge in [-0.15, -0.1) is 0 Å². The van der Waals surface area contributed by atoms with Crippen molar-refractivity contribution in [3.05, 3.63) is 17.7 Å². The molecule has 2 atom stereocenters. The first-order valence-corrected chi connectivity index (χ1v) is 7.55. The predicted octanol–water partition coefficient (Wildman–Crippen LogP) is 3.42. The molecule has 2 aliphatic rings. The van der Waals surface area contributed by atoms with Gasteiger partial charge in [-0.2, -0.15) is 11.8 Å². The van der Waals surface area contributed by atoms with E-state index in [-0.39, 0.29) is 0 Å². The molecular formula is C13H20N2S. The Hall–Kier alpha value is -0.440. The molecule has 0 spiro atoms. The molecule has 1 aromatic rings.